The highest BCUT2D eigenvalue weighted by molar-refractivity contribution is 5.96. The molecular weight excluding hydrogens is 419 g/mol. The Morgan fingerprint density at radius 3 is 2.64 bits per heavy atom. The predicted molar refractivity (Wildman–Crippen MR) is 123 cm³/mol. The van der Waals surface area contributed by atoms with Gasteiger partial charge in [-0.05, 0) is 43.0 Å². The van der Waals surface area contributed by atoms with Gasteiger partial charge in [0.05, 0.1) is 0 Å². The number of hydrogen-bond donors (Lipinski definition) is 1. The lowest BCUT2D eigenvalue weighted by molar-refractivity contribution is 0.0782. The van der Waals surface area contributed by atoms with Gasteiger partial charge >= 0.3 is 0 Å². The van der Waals surface area contributed by atoms with Crippen molar-refractivity contribution in [2.24, 2.45) is 5.92 Å². The third-order valence-electron chi connectivity index (χ3n) is 7.32. The van der Waals surface area contributed by atoms with Crippen LogP contribution in [0.15, 0.2) is 54.9 Å². The molecule has 1 spiro atoms. The summed E-state index contributed by atoms with van der Waals surface area (Å²) >= 11 is 0. The lowest BCUT2D eigenvalue weighted by atomic mass is 9.97. The molecule has 1 saturated heterocycles. The second kappa shape index (κ2) is 7.63. The van der Waals surface area contributed by atoms with Crippen LogP contribution in [-0.2, 0) is 5.41 Å². The van der Waals surface area contributed by atoms with Gasteiger partial charge in [-0.25, -0.2) is 14.4 Å². The molecule has 168 valence electrons. The van der Waals surface area contributed by atoms with Crippen molar-refractivity contribution in [1.29, 1.82) is 0 Å². The molecular formula is C26H25FN4O2. The Labute approximate surface area is 191 Å². The maximum absolute atomic E-state index is 14.2. The van der Waals surface area contributed by atoms with Crippen LogP contribution < -0.4 is 4.90 Å². The minimum Gasteiger partial charge on any atom is -0.396 e. The van der Waals surface area contributed by atoms with Gasteiger partial charge in [0, 0.05) is 72.3 Å². The maximum Gasteiger partial charge on any atom is 0.253 e. The van der Waals surface area contributed by atoms with Crippen LogP contribution in [0.2, 0.25) is 0 Å². The number of fused-ring (bicyclic) bond motifs is 2. The highest BCUT2D eigenvalue weighted by atomic mass is 19.1. The van der Waals surface area contributed by atoms with Crippen LogP contribution in [-0.4, -0.2) is 52.1 Å². The molecule has 0 bridgehead atoms. The predicted octanol–water partition coefficient (Wildman–Crippen LogP) is 3.92. The third-order valence-corrected chi connectivity index (χ3v) is 7.32. The molecule has 2 aromatic carbocycles. The minimum absolute atomic E-state index is 0.00117. The summed E-state index contributed by atoms with van der Waals surface area (Å²) < 4.78 is 14.2. The molecule has 33 heavy (non-hydrogen) atoms. The number of anilines is 2. The van der Waals surface area contributed by atoms with Gasteiger partial charge in [-0.2, -0.15) is 0 Å². The summed E-state index contributed by atoms with van der Waals surface area (Å²) in [5.74, 6) is 0.425. The van der Waals surface area contributed by atoms with E-state index in [1.54, 1.807) is 30.6 Å². The highest BCUT2D eigenvalue weighted by Crippen LogP contribution is 2.57. The van der Waals surface area contributed by atoms with Gasteiger partial charge in [0.15, 0.2) is 0 Å². The quantitative estimate of drug-likeness (QED) is 0.661. The van der Waals surface area contributed by atoms with Crippen molar-refractivity contribution in [1.82, 2.24) is 14.9 Å². The molecule has 2 aliphatic heterocycles. The van der Waals surface area contributed by atoms with Crippen molar-refractivity contribution in [2.45, 2.75) is 24.7 Å². The number of aliphatic hydroxyl groups excluding tert-OH is 1. The van der Waals surface area contributed by atoms with Crippen molar-refractivity contribution in [3.05, 3.63) is 71.8 Å². The van der Waals surface area contributed by atoms with Gasteiger partial charge in [-0.1, -0.05) is 24.3 Å². The van der Waals surface area contributed by atoms with Crippen LogP contribution in [0.25, 0.3) is 11.1 Å². The van der Waals surface area contributed by atoms with E-state index in [-0.39, 0.29) is 29.7 Å². The molecule has 6 rings (SSSR count). The molecule has 1 amide bonds. The number of halogens is 1. The van der Waals surface area contributed by atoms with E-state index in [9.17, 15) is 14.3 Å². The normalized spacial score (nSPS) is 20.4. The van der Waals surface area contributed by atoms with Gasteiger partial charge in [-0.3, -0.25) is 4.79 Å². The van der Waals surface area contributed by atoms with Crippen LogP contribution >= 0.6 is 0 Å². The molecule has 0 unspecified atom stereocenters. The number of benzene rings is 2. The second-order valence-corrected chi connectivity index (χ2v) is 9.44. The molecule has 6 nitrogen and oxygen atoms in total. The van der Waals surface area contributed by atoms with Gasteiger partial charge < -0.3 is 14.9 Å². The van der Waals surface area contributed by atoms with Crippen molar-refractivity contribution in [3.63, 3.8) is 0 Å². The average molecular weight is 445 g/mol. The van der Waals surface area contributed by atoms with Crippen LogP contribution in [0.3, 0.4) is 0 Å². The lowest BCUT2D eigenvalue weighted by Crippen LogP contribution is -2.29. The van der Waals surface area contributed by atoms with Gasteiger partial charge in [0.1, 0.15) is 5.82 Å². The fourth-order valence-electron chi connectivity index (χ4n) is 5.21. The largest absolute Gasteiger partial charge is 0.396 e. The first kappa shape index (κ1) is 20.3. The number of rotatable bonds is 4. The molecule has 1 aliphatic carbocycles. The minimum atomic E-state index is -0.300. The Morgan fingerprint density at radius 2 is 1.94 bits per heavy atom. The number of carbonyl (C=O) groups is 1. The van der Waals surface area contributed by atoms with E-state index in [0.717, 1.165) is 31.5 Å². The molecule has 3 aliphatic rings. The molecule has 0 radical (unpaired) electrons. The zero-order chi connectivity index (χ0) is 22.6. The molecule has 3 heterocycles. The number of nitrogens with zero attached hydrogens (tertiary/aromatic N) is 4. The van der Waals surface area contributed by atoms with Crippen molar-refractivity contribution in [2.75, 3.05) is 31.1 Å². The second-order valence-electron chi connectivity index (χ2n) is 9.44. The van der Waals surface area contributed by atoms with E-state index in [2.05, 4.69) is 20.9 Å². The first-order chi connectivity index (χ1) is 16.1. The Morgan fingerprint density at radius 1 is 1.15 bits per heavy atom. The van der Waals surface area contributed by atoms with Crippen LogP contribution in [0, 0.1) is 11.7 Å². The smallest absolute Gasteiger partial charge is 0.253 e. The zero-order valence-corrected chi connectivity index (χ0v) is 18.2. The van der Waals surface area contributed by atoms with Crippen LogP contribution in [0.1, 0.15) is 35.2 Å². The first-order valence-corrected chi connectivity index (χ1v) is 11.5. The van der Waals surface area contributed by atoms with Crippen LogP contribution in [0.5, 0.6) is 0 Å². The number of aromatic nitrogens is 2. The topological polar surface area (TPSA) is 69.6 Å². The summed E-state index contributed by atoms with van der Waals surface area (Å²) in [5, 5.41) is 9.42. The molecule has 3 aromatic rings. The summed E-state index contributed by atoms with van der Waals surface area (Å²) in [5.41, 5.74) is 4.10. The van der Waals surface area contributed by atoms with Gasteiger partial charge in [-0.15, -0.1) is 0 Å². The summed E-state index contributed by atoms with van der Waals surface area (Å²) in [6.07, 6.45) is 6.38. The standard InChI is InChI=1S/C26H25FN4O2/c27-22-4-2-1-3-20(22)19-12-28-25(29-13-19)31-16-26(8-9-26)21-6-5-18(11-23(21)31)24(33)30-10-7-17(14-30)15-32/h1-6,11-13,17,32H,7-10,14-16H2/t17-/m1/s1. The van der Waals surface area contributed by atoms with E-state index in [1.165, 1.54) is 11.6 Å². The fraction of sp³-hybridized carbons (Fsp3) is 0.346. The zero-order valence-electron chi connectivity index (χ0n) is 18.2. The van der Waals surface area contributed by atoms with E-state index in [0.29, 0.717) is 35.7 Å². The van der Waals surface area contributed by atoms with Gasteiger partial charge in [0.25, 0.3) is 5.91 Å². The molecule has 2 fully saturated rings. The summed E-state index contributed by atoms with van der Waals surface area (Å²) in [7, 11) is 0. The van der Waals surface area contributed by atoms with E-state index in [1.807, 2.05) is 17.0 Å². The fourth-order valence-corrected chi connectivity index (χ4v) is 5.21. The van der Waals surface area contributed by atoms with E-state index in [4.69, 9.17) is 0 Å². The number of likely N-dealkylation sites (tertiary alicyclic amines) is 1. The third kappa shape index (κ3) is 3.38. The Bertz CT molecular complexity index is 1230. The number of aliphatic hydroxyl groups is 1. The molecule has 7 heteroatoms. The van der Waals surface area contributed by atoms with Crippen molar-refractivity contribution in [3.8, 4) is 11.1 Å². The number of carbonyl (C=O) groups excluding carboxylic acids is 1. The van der Waals surface area contributed by atoms with E-state index < -0.39 is 0 Å². The maximum atomic E-state index is 14.2. The lowest BCUT2D eigenvalue weighted by Gasteiger charge is -2.20. The first-order valence-electron chi connectivity index (χ1n) is 11.5. The Balaban J connectivity index is 1.31. The number of hydrogen-bond acceptors (Lipinski definition) is 5. The molecule has 1 atom stereocenters. The molecule has 1 aromatic heterocycles. The number of amides is 1. The van der Waals surface area contributed by atoms with E-state index >= 15 is 0 Å². The van der Waals surface area contributed by atoms with Crippen molar-refractivity contribution < 1.29 is 14.3 Å². The molecule has 1 N–H and O–H groups in total. The monoisotopic (exact) mass is 444 g/mol. The van der Waals surface area contributed by atoms with Crippen LogP contribution in [0.4, 0.5) is 16.0 Å². The SMILES string of the molecule is O=C(c1ccc2c(c1)N(c1ncc(-c3ccccc3F)cn1)CC21CC1)N1CC[C@@H](CO)C1. The molecule has 1 saturated carbocycles. The highest BCUT2D eigenvalue weighted by Gasteiger charge is 2.52. The summed E-state index contributed by atoms with van der Waals surface area (Å²) in [6.45, 7) is 2.18. The average Bonchev–Trinajstić information content (AvgIpc) is 3.34. The van der Waals surface area contributed by atoms with Crippen molar-refractivity contribution >= 4 is 17.5 Å². The van der Waals surface area contributed by atoms with Gasteiger partial charge in [0.2, 0.25) is 5.95 Å². The summed E-state index contributed by atoms with van der Waals surface area (Å²) in [6, 6.07) is 12.6. The summed E-state index contributed by atoms with van der Waals surface area (Å²) in [4.78, 5) is 26.2. The Hall–Kier alpha value is -3.32. The Kier molecular flexibility index (Phi) is 4.69.